The summed E-state index contributed by atoms with van der Waals surface area (Å²) in [4.78, 5) is 22.9. The van der Waals surface area contributed by atoms with Crippen LogP contribution in [-0.2, 0) is 11.3 Å². The second kappa shape index (κ2) is 6.58. The van der Waals surface area contributed by atoms with Crippen LogP contribution in [0.3, 0.4) is 0 Å². The third-order valence-corrected chi connectivity index (χ3v) is 3.01. The molecule has 0 radical (unpaired) electrons. The van der Waals surface area contributed by atoms with E-state index in [2.05, 4.69) is 21.2 Å². The lowest BCUT2D eigenvalue weighted by Crippen LogP contribution is -2.40. The quantitative estimate of drug-likeness (QED) is 0.845. The van der Waals surface area contributed by atoms with E-state index in [1.54, 1.807) is 13.0 Å². The van der Waals surface area contributed by atoms with Gasteiger partial charge in [-0.3, -0.25) is 4.79 Å². The van der Waals surface area contributed by atoms with Crippen molar-refractivity contribution in [3.8, 4) is 0 Å². The molecular weight excluding hydrogens is 300 g/mol. The van der Waals surface area contributed by atoms with Crippen LogP contribution in [0.2, 0.25) is 0 Å². The maximum Gasteiger partial charge on any atom is 0.326 e. The normalized spacial score (nSPS) is 12.2. The Bertz CT molecular complexity index is 443. The first-order valence-corrected chi connectivity index (χ1v) is 6.68. The number of rotatable bonds is 6. The first-order chi connectivity index (χ1) is 8.49. The molecule has 1 amide bonds. The number of carboxylic acids is 1. The molecule has 0 bridgehead atoms. The maximum absolute atomic E-state index is 12.0. The van der Waals surface area contributed by atoms with Crippen LogP contribution in [0, 0.1) is 0 Å². The Morgan fingerprint density at radius 1 is 1.50 bits per heavy atom. The average molecular weight is 317 g/mol. The maximum atomic E-state index is 12.0. The van der Waals surface area contributed by atoms with E-state index in [1.165, 1.54) is 0 Å². The molecule has 0 fully saturated rings. The summed E-state index contributed by atoms with van der Waals surface area (Å²) in [5.41, 5.74) is 0.475. The van der Waals surface area contributed by atoms with Gasteiger partial charge in [-0.25, -0.2) is 4.79 Å². The molecule has 18 heavy (non-hydrogen) atoms. The van der Waals surface area contributed by atoms with Crippen molar-refractivity contribution < 1.29 is 14.7 Å². The molecule has 1 heterocycles. The Hall–Kier alpha value is -1.30. The fourth-order valence-corrected chi connectivity index (χ4v) is 2.13. The lowest BCUT2D eigenvalue weighted by atomic mass is 10.2. The second-order valence-electron chi connectivity index (χ2n) is 4.01. The van der Waals surface area contributed by atoms with Gasteiger partial charge in [0.15, 0.2) is 0 Å². The molecule has 0 saturated carbocycles. The lowest BCUT2D eigenvalue weighted by Gasteiger charge is -2.13. The number of aryl methyl sites for hydroxylation is 1. The van der Waals surface area contributed by atoms with Crippen LogP contribution >= 0.6 is 15.9 Å². The summed E-state index contributed by atoms with van der Waals surface area (Å²) < 4.78 is 2.62. The van der Waals surface area contributed by atoms with E-state index in [-0.39, 0.29) is 5.91 Å². The van der Waals surface area contributed by atoms with E-state index >= 15 is 0 Å². The van der Waals surface area contributed by atoms with E-state index in [9.17, 15) is 9.59 Å². The van der Waals surface area contributed by atoms with Crippen LogP contribution in [0.4, 0.5) is 0 Å². The minimum Gasteiger partial charge on any atom is -0.480 e. The van der Waals surface area contributed by atoms with Gasteiger partial charge in [-0.15, -0.1) is 0 Å². The SMILES string of the molecule is CCCn1cc(Br)cc1C(=O)N[C@H](CC)C(=O)O. The molecule has 2 N–H and O–H groups in total. The minimum atomic E-state index is -1.02. The van der Waals surface area contributed by atoms with Crippen LogP contribution in [0.5, 0.6) is 0 Å². The third-order valence-electron chi connectivity index (χ3n) is 2.57. The second-order valence-corrected chi connectivity index (χ2v) is 4.93. The summed E-state index contributed by atoms with van der Waals surface area (Å²) in [6.45, 7) is 4.46. The number of carbonyl (C=O) groups is 2. The molecule has 1 aromatic rings. The molecule has 0 spiro atoms. The number of halogens is 1. The lowest BCUT2D eigenvalue weighted by molar-refractivity contribution is -0.139. The summed E-state index contributed by atoms with van der Waals surface area (Å²) in [6.07, 6.45) is 3.08. The average Bonchev–Trinajstić information content (AvgIpc) is 2.67. The number of aliphatic carboxylic acids is 1. The fourth-order valence-electron chi connectivity index (χ4n) is 1.66. The zero-order valence-corrected chi connectivity index (χ0v) is 12.0. The molecule has 100 valence electrons. The van der Waals surface area contributed by atoms with Gasteiger partial charge in [-0.2, -0.15) is 0 Å². The van der Waals surface area contributed by atoms with Crippen LogP contribution < -0.4 is 5.32 Å². The van der Waals surface area contributed by atoms with Gasteiger partial charge in [0.25, 0.3) is 5.91 Å². The Morgan fingerprint density at radius 3 is 2.67 bits per heavy atom. The summed E-state index contributed by atoms with van der Waals surface area (Å²) in [5, 5.41) is 11.4. The predicted octanol–water partition coefficient (Wildman–Crippen LogP) is 2.25. The number of nitrogens with one attached hydrogen (secondary N) is 1. The number of amides is 1. The molecule has 1 rings (SSSR count). The van der Waals surface area contributed by atoms with Crippen LogP contribution in [0.15, 0.2) is 16.7 Å². The van der Waals surface area contributed by atoms with Gasteiger partial charge in [-0.1, -0.05) is 13.8 Å². The van der Waals surface area contributed by atoms with Crippen molar-refractivity contribution in [2.24, 2.45) is 0 Å². The molecule has 0 aliphatic rings. The van der Waals surface area contributed by atoms with Gasteiger partial charge in [0, 0.05) is 17.2 Å². The standard InChI is InChI=1S/C12H17BrN2O3/c1-3-5-15-7-8(13)6-10(15)11(16)14-9(4-2)12(17)18/h6-7,9H,3-5H2,1-2H3,(H,14,16)(H,17,18)/t9-/m1/s1. The van der Waals surface area contributed by atoms with Crippen molar-refractivity contribution in [2.75, 3.05) is 0 Å². The van der Waals surface area contributed by atoms with E-state index < -0.39 is 12.0 Å². The van der Waals surface area contributed by atoms with E-state index in [0.29, 0.717) is 12.1 Å². The zero-order chi connectivity index (χ0) is 13.7. The van der Waals surface area contributed by atoms with Gasteiger partial charge in [0.05, 0.1) is 0 Å². The first kappa shape index (κ1) is 14.8. The highest BCUT2D eigenvalue weighted by Gasteiger charge is 2.20. The third kappa shape index (κ3) is 3.60. The molecule has 5 nitrogen and oxygen atoms in total. The fraction of sp³-hybridized carbons (Fsp3) is 0.500. The number of hydrogen-bond donors (Lipinski definition) is 2. The molecule has 0 unspecified atom stereocenters. The molecule has 0 aliphatic heterocycles. The number of carbonyl (C=O) groups excluding carboxylic acids is 1. The van der Waals surface area contributed by atoms with E-state index in [0.717, 1.165) is 17.4 Å². The van der Waals surface area contributed by atoms with Crippen molar-refractivity contribution in [2.45, 2.75) is 39.3 Å². The molecule has 0 aliphatic carbocycles. The predicted molar refractivity (Wildman–Crippen MR) is 71.6 cm³/mol. The molecular formula is C12H17BrN2O3. The highest BCUT2D eigenvalue weighted by Crippen LogP contribution is 2.15. The van der Waals surface area contributed by atoms with Crippen molar-refractivity contribution >= 4 is 27.8 Å². The van der Waals surface area contributed by atoms with Gasteiger partial charge in [-0.05, 0) is 34.8 Å². The number of carboxylic acid groups (broad SMARTS) is 1. The Morgan fingerprint density at radius 2 is 2.17 bits per heavy atom. The summed E-state index contributed by atoms with van der Waals surface area (Å²) >= 11 is 3.32. The number of hydrogen-bond acceptors (Lipinski definition) is 2. The van der Waals surface area contributed by atoms with Crippen LogP contribution in [0.25, 0.3) is 0 Å². The van der Waals surface area contributed by atoms with Crippen molar-refractivity contribution in [3.63, 3.8) is 0 Å². The number of aromatic nitrogens is 1. The highest BCUT2D eigenvalue weighted by atomic mass is 79.9. The summed E-state index contributed by atoms with van der Waals surface area (Å²) in [7, 11) is 0. The number of nitrogens with zero attached hydrogens (tertiary/aromatic N) is 1. The van der Waals surface area contributed by atoms with Gasteiger partial charge >= 0.3 is 5.97 Å². The van der Waals surface area contributed by atoms with E-state index in [4.69, 9.17) is 5.11 Å². The smallest absolute Gasteiger partial charge is 0.326 e. The highest BCUT2D eigenvalue weighted by molar-refractivity contribution is 9.10. The molecule has 1 atom stereocenters. The largest absolute Gasteiger partial charge is 0.480 e. The van der Waals surface area contributed by atoms with E-state index in [1.807, 2.05) is 17.7 Å². The first-order valence-electron chi connectivity index (χ1n) is 5.88. The van der Waals surface area contributed by atoms with Gasteiger partial charge in [0.1, 0.15) is 11.7 Å². The molecule has 0 aromatic carbocycles. The summed E-state index contributed by atoms with van der Waals surface area (Å²) in [6, 6.07) is 0.848. The van der Waals surface area contributed by atoms with Crippen molar-refractivity contribution in [1.82, 2.24) is 9.88 Å². The van der Waals surface area contributed by atoms with Crippen molar-refractivity contribution in [1.29, 1.82) is 0 Å². The zero-order valence-electron chi connectivity index (χ0n) is 10.4. The van der Waals surface area contributed by atoms with Gasteiger partial charge < -0.3 is 15.0 Å². The Kier molecular flexibility index (Phi) is 5.40. The van der Waals surface area contributed by atoms with Crippen LogP contribution in [0.1, 0.15) is 37.2 Å². The van der Waals surface area contributed by atoms with Gasteiger partial charge in [0.2, 0.25) is 0 Å². The monoisotopic (exact) mass is 316 g/mol. The molecule has 6 heteroatoms. The summed E-state index contributed by atoms with van der Waals surface area (Å²) in [5.74, 6) is -1.37. The van der Waals surface area contributed by atoms with Crippen LogP contribution in [-0.4, -0.2) is 27.6 Å². The Balaban J connectivity index is 2.86. The molecule has 0 saturated heterocycles. The topological polar surface area (TPSA) is 71.3 Å². The molecule has 1 aromatic heterocycles. The Labute approximate surface area is 114 Å². The minimum absolute atomic E-state index is 0.358. The van der Waals surface area contributed by atoms with Crippen molar-refractivity contribution in [3.05, 3.63) is 22.4 Å².